The van der Waals surface area contributed by atoms with E-state index in [2.05, 4.69) is 15.3 Å². The first kappa shape index (κ1) is 16.6. The molecule has 0 atom stereocenters. The van der Waals surface area contributed by atoms with Gasteiger partial charge in [-0.3, -0.25) is 4.79 Å². The summed E-state index contributed by atoms with van der Waals surface area (Å²) in [6, 6.07) is 4.73. The number of rotatable bonds is 2. The molecule has 128 valence electrons. The Labute approximate surface area is 141 Å². The Balaban J connectivity index is 1.69. The third-order valence-electron chi connectivity index (χ3n) is 4.36. The molecular weight excluding hydrogens is 307 g/mol. The fourth-order valence-electron chi connectivity index (χ4n) is 3.04. The SMILES string of the molecule is CC(C)(C)C(=O)N1CCC(Nc2ncnc3ccc(F)cc23)CC1. The summed E-state index contributed by atoms with van der Waals surface area (Å²) in [6.45, 7) is 7.29. The maximum absolute atomic E-state index is 13.5. The normalized spacial score (nSPS) is 16.4. The average molecular weight is 330 g/mol. The second kappa shape index (κ2) is 6.34. The van der Waals surface area contributed by atoms with E-state index in [0.717, 1.165) is 25.9 Å². The molecule has 24 heavy (non-hydrogen) atoms. The quantitative estimate of drug-likeness (QED) is 0.918. The van der Waals surface area contributed by atoms with Crippen LogP contribution in [0, 0.1) is 11.2 Å². The van der Waals surface area contributed by atoms with E-state index in [1.165, 1.54) is 18.5 Å². The van der Waals surface area contributed by atoms with Gasteiger partial charge in [0.05, 0.1) is 5.52 Å². The van der Waals surface area contributed by atoms with Gasteiger partial charge < -0.3 is 10.2 Å². The van der Waals surface area contributed by atoms with Gasteiger partial charge >= 0.3 is 0 Å². The van der Waals surface area contributed by atoms with Crippen LogP contribution in [0.1, 0.15) is 33.6 Å². The molecule has 0 aliphatic carbocycles. The number of piperidine rings is 1. The number of aromatic nitrogens is 2. The third kappa shape index (κ3) is 3.47. The summed E-state index contributed by atoms with van der Waals surface area (Å²) >= 11 is 0. The molecule has 1 aromatic heterocycles. The zero-order chi connectivity index (χ0) is 17.3. The van der Waals surface area contributed by atoms with E-state index in [9.17, 15) is 9.18 Å². The molecule has 1 saturated heterocycles. The summed E-state index contributed by atoms with van der Waals surface area (Å²) in [4.78, 5) is 22.7. The summed E-state index contributed by atoms with van der Waals surface area (Å²) in [6.07, 6.45) is 3.19. The Morgan fingerprint density at radius 1 is 1.25 bits per heavy atom. The van der Waals surface area contributed by atoms with Crippen molar-refractivity contribution in [2.24, 2.45) is 5.41 Å². The lowest BCUT2D eigenvalue weighted by Gasteiger charge is -2.36. The molecule has 0 unspecified atom stereocenters. The number of carbonyl (C=O) groups excluding carboxylic acids is 1. The number of fused-ring (bicyclic) bond motifs is 1. The molecule has 0 bridgehead atoms. The molecule has 1 aliphatic heterocycles. The van der Waals surface area contributed by atoms with Crippen LogP contribution in [0.5, 0.6) is 0 Å². The van der Waals surface area contributed by atoms with E-state index >= 15 is 0 Å². The minimum atomic E-state index is -0.347. The molecule has 2 heterocycles. The predicted molar refractivity (Wildman–Crippen MR) is 92.2 cm³/mol. The van der Waals surface area contributed by atoms with Gasteiger partial charge in [0.15, 0.2) is 0 Å². The number of carbonyl (C=O) groups is 1. The van der Waals surface area contributed by atoms with Crippen molar-refractivity contribution < 1.29 is 9.18 Å². The van der Waals surface area contributed by atoms with Gasteiger partial charge in [-0.1, -0.05) is 20.8 Å². The van der Waals surface area contributed by atoms with E-state index < -0.39 is 0 Å². The second-order valence-electron chi connectivity index (χ2n) is 7.34. The highest BCUT2D eigenvalue weighted by Gasteiger charge is 2.30. The Morgan fingerprint density at radius 2 is 1.96 bits per heavy atom. The van der Waals surface area contributed by atoms with Crippen LogP contribution in [0.4, 0.5) is 10.2 Å². The molecular formula is C18H23FN4O. The zero-order valence-corrected chi connectivity index (χ0v) is 14.3. The highest BCUT2D eigenvalue weighted by atomic mass is 19.1. The second-order valence-corrected chi connectivity index (χ2v) is 7.34. The van der Waals surface area contributed by atoms with Crippen molar-refractivity contribution in [3.63, 3.8) is 0 Å². The van der Waals surface area contributed by atoms with Crippen LogP contribution in [0.15, 0.2) is 24.5 Å². The number of nitrogens with one attached hydrogen (secondary N) is 1. The first-order valence-corrected chi connectivity index (χ1v) is 8.31. The van der Waals surface area contributed by atoms with Crippen molar-refractivity contribution >= 4 is 22.6 Å². The molecule has 0 saturated carbocycles. The number of anilines is 1. The first-order chi connectivity index (χ1) is 11.3. The highest BCUT2D eigenvalue weighted by Crippen LogP contribution is 2.25. The number of hydrogen-bond donors (Lipinski definition) is 1. The van der Waals surface area contributed by atoms with E-state index in [1.807, 2.05) is 25.7 Å². The van der Waals surface area contributed by atoms with Crippen molar-refractivity contribution in [1.29, 1.82) is 0 Å². The topological polar surface area (TPSA) is 58.1 Å². The summed E-state index contributed by atoms with van der Waals surface area (Å²) < 4.78 is 13.5. The van der Waals surface area contributed by atoms with Crippen LogP contribution in [-0.4, -0.2) is 39.9 Å². The van der Waals surface area contributed by atoms with Crippen molar-refractivity contribution in [2.45, 2.75) is 39.7 Å². The molecule has 1 amide bonds. The number of amides is 1. The number of hydrogen-bond acceptors (Lipinski definition) is 4. The molecule has 6 heteroatoms. The Morgan fingerprint density at radius 3 is 2.62 bits per heavy atom. The molecule has 3 rings (SSSR count). The molecule has 1 fully saturated rings. The lowest BCUT2D eigenvalue weighted by Crippen LogP contribution is -2.46. The van der Waals surface area contributed by atoms with Crippen LogP contribution in [0.25, 0.3) is 10.9 Å². The van der Waals surface area contributed by atoms with Gasteiger partial charge in [-0.05, 0) is 31.0 Å². The highest BCUT2D eigenvalue weighted by molar-refractivity contribution is 5.88. The fraction of sp³-hybridized carbons (Fsp3) is 0.500. The summed E-state index contributed by atoms with van der Waals surface area (Å²) in [5.41, 5.74) is 0.370. The van der Waals surface area contributed by atoms with Gasteiger partial charge in [0, 0.05) is 29.9 Å². The Bertz CT molecular complexity index is 748. The van der Waals surface area contributed by atoms with Crippen LogP contribution in [0.3, 0.4) is 0 Å². The van der Waals surface area contributed by atoms with Gasteiger partial charge in [0.2, 0.25) is 5.91 Å². The molecule has 2 aromatic rings. The van der Waals surface area contributed by atoms with Crippen molar-refractivity contribution in [2.75, 3.05) is 18.4 Å². The maximum Gasteiger partial charge on any atom is 0.227 e. The monoisotopic (exact) mass is 330 g/mol. The van der Waals surface area contributed by atoms with Crippen LogP contribution in [0.2, 0.25) is 0 Å². The van der Waals surface area contributed by atoms with Crippen LogP contribution in [-0.2, 0) is 4.79 Å². The summed E-state index contributed by atoms with van der Waals surface area (Å²) in [5, 5.41) is 4.08. The van der Waals surface area contributed by atoms with Crippen LogP contribution >= 0.6 is 0 Å². The lowest BCUT2D eigenvalue weighted by atomic mass is 9.93. The zero-order valence-electron chi connectivity index (χ0n) is 14.3. The molecule has 1 aliphatic rings. The number of halogens is 1. The fourth-order valence-corrected chi connectivity index (χ4v) is 3.04. The number of benzene rings is 1. The maximum atomic E-state index is 13.5. The van der Waals surface area contributed by atoms with Crippen molar-refractivity contribution in [3.8, 4) is 0 Å². The largest absolute Gasteiger partial charge is 0.367 e. The number of nitrogens with zero attached hydrogens (tertiary/aromatic N) is 3. The van der Waals surface area contributed by atoms with Crippen molar-refractivity contribution in [3.05, 3.63) is 30.3 Å². The summed E-state index contributed by atoms with van der Waals surface area (Å²) in [5.74, 6) is 0.543. The third-order valence-corrected chi connectivity index (χ3v) is 4.36. The van der Waals surface area contributed by atoms with E-state index in [1.54, 1.807) is 6.07 Å². The van der Waals surface area contributed by atoms with Gasteiger partial charge in [0.25, 0.3) is 0 Å². The molecule has 1 aromatic carbocycles. The molecule has 5 nitrogen and oxygen atoms in total. The van der Waals surface area contributed by atoms with Crippen molar-refractivity contribution in [1.82, 2.24) is 14.9 Å². The Hall–Kier alpha value is -2.24. The van der Waals surface area contributed by atoms with E-state index in [4.69, 9.17) is 0 Å². The van der Waals surface area contributed by atoms with Crippen LogP contribution < -0.4 is 5.32 Å². The van der Waals surface area contributed by atoms with Gasteiger partial charge in [-0.2, -0.15) is 0 Å². The number of likely N-dealkylation sites (tertiary alicyclic amines) is 1. The smallest absolute Gasteiger partial charge is 0.227 e. The molecule has 0 spiro atoms. The Kier molecular flexibility index (Phi) is 4.39. The standard InChI is InChI=1S/C18H23FN4O/c1-18(2,3)17(24)23-8-6-13(7-9-23)22-16-14-10-12(19)4-5-15(14)20-11-21-16/h4-5,10-11,13H,6-9H2,1-3H3,(H,20,21,22). The minimum Gasteiger partial charge on any atom is -0.367 e. The van der Waals surface area contributed by atoms with Gasteiger partial charge in [-0.15, -0.1) is 0 Å². The average Bonchev–Trinajstić information content (AvgIpc) is 2.54. The first-order valence-electron chi connectivity index (χ1n) is 8.31. The molecule has 0 radical (unpaired) electrons. The van der Waals surface area contributed by atoms with Gasteiger partial charge in [0.1, 0.15) is 18.0 Å². The summed E-state index contributed by atoms with van der Waals surface area (Å²) in [7, 11) is 0. The predicted octanol–water partition coefficient (Wildman–Crippen LogP) is 3.22. The van der Waals surface area contributed by atoms with E-state index in [-0.39, 0.29) is 23.2 Å². The molecule has 1 N–H and O–H groups in total. The van der Waals surface area contributed by atoms with E-state index in [0.29, 0.717) is 16.7 Å². The minimum absolute atomic E-state index is 0.190. The van der Waals surface area contributed by atoms with Gasteiger partial charge in [-0.25, -0.2) is 14.4 Å². The lowest BCUT2D eigenvalue weighted by molar-refractivity contribution is -0.140.